The van der Waals surface area contributed by atoms with E-state index in [1.54, 1.807) is 28.2 Å². The number of piperidine rings is 2. The van der Waals surface area contributed by atoms with Crippen molar-refractivity contribution >= 4 is 15.9 Å². The molecule has 0 spiro atoms. The summed E-state index contributed by atoms with van der Waals surface area (Å²) in [6.07, 6.45) is 9.08. The van der Waals surface area contributed by atoms with E-state index in [2.05, 4.69) is 4.90 Å². The summed E-state index contributed by atoms with van der Waals surface area (Å²) < 4.78 is 29.1. The molecule has 3 aliphatic heterocycles. The fraction of sp³-hybridized carbons (Fsp3) is 0.750. The van der Waals surface area contributed by atoms with Crippen molar-refractivity contribution in [1.29, 1.82) is 0 Å². The van der Waals surface area contributed by atoms with Crippen LogP contribution in [0.1, 0.15) is 55.4 Å². The third-order valence-electron chi connectivity index (χ3n) is 6.56. The molecular weight excluding hydrogens is 376 g/mol. The lowest BCUT2D eigenvalue weighted by molar-refractivity contribution is 0.0635. The van der Waals surface area contributed by atoms with E-state index >= 15 is 0 Å². The molecule has 0 N–H and O–H groups in total. The summed E-state index contributed by atoms with van der Waals surface area (Å²) >= 11 is 0. The molecule has 1 amide bonds. The summed E-state index contributed by atoms with van der Waals surface area (Å²) in [5, 5.41) is 0. The first-order chi connectivity index (χ1) is 13.5. The molecule has 0 saturated carbocycles. The van der Waals surface area contributed by atoms with Crippen molar-refractivity contribution < 1.29 is 13.2 Å². The van der Waals surface area contributed by atoms with Gasteiger partial charge in [0.25, 0.3) is 5.91 Å². The quantitative estimate of drug-likeness (QED) is 0.763. The van der Waals surface area contributed by atoms with E-state index in [9.17, 15) is 13.2 Å². The van der Waals surface area contributed by atoms with Gasteiger partial charge in [0.15, 0.2) is 0 Å². The normalized spacial score (nSPS) is 23.4. The molecule has 8 heteroatoms. The maximum absolute atomic E-state index is 13.0. The number of hydrogen-bond donors (Lipinski definition) is 0. The molecule has 4 rings (SSSR count). The molecule has 0 aliphatic carbocycles. The third-order valence-corrected chi connectivity index (χ3v) is 8.42. The molecule has 3 saturated heterocycles. The topological polar surface area (TPSA) is 65.9 Å². The second kappa shape index (κ2) is 8.16. The molecule has 28 heavy (non-hydrogen) atoms. The number of rotatable bonds is 4. The van der Waals surface area contributed by atoms with Crippen LogP contribution in [0.5, 0.6) is 0 Å². The number of nitrogens with zero attached hydrogens (tertiary/aromatic N) is 4. The van der Waals surface area contributed by atoms with Crippen LogP contribution in [0, 0.1) is 0 Å². The van der Waals surface area contributed by atoms with Crippen molar-refractivity contribution in [3.63, 3.8) is 0 Å². The van der Waals surface area contributed by atoms with Gasteiger partial charge in [0.05, 0.1) is 0 Å². The molecule has 4 heterocycles. The van der Waals surface area contributed by atoms with Crippen molar-refractivity contribution in [1.82, 2.24) is 18.7 Å². The predicted octanol–water partition coefficient (Wildman–Crippen LogP) is 1.90. The number of aryl methyl sites for hydroxylation is 1. The smallest absolute Gasteiger partial charge is 0.270 e. The molecule has 0 bridgehead atoms. The highest BCUT2D eigenvalue weighted by molar-refractivity contribution is 7.89. The highest BCUT2D eigenvalue weighted by Gasteiger charge is 2.32. The second-order valence-corrected chi connectivity index (χ2v) is 10.3. The second-order valence-electron chi connectivity index (χ2n) is 8.40. The average Bonchev–Trinajstić information content (AvgIpc) is 3.38. The molecule has 0 atom stereocenters. The predicted molar refractivity (Wildman–Crippen MR) is 108 cm³/mol. The molecule has 1 aromatic rings. The van der Waals surface area contributed by atoms with Gasteiger partial charge >= 0.3 is 0 Å². The summed E-state index contributed by atoms with van der Waals surface area (Å²) in [6, 6.07) is 2.16. The zero-order valence-electron chi connectivity index (χ0n) is 16.8. The maximum atomic E-state index is 13.0. The fourth-order valence-corrected chi connectivity index (χ4v) is 6.43. The first kappa shape index (κ1) is 19.9. The fourth-order valence-electron chi connectivity index (χ4n) is 4.85. The largest absolute Gasteiger partial charge is 0.345 e. The Hall–Kier alpha value is -1.38. The number of amides is 1. The maximum Gasteiger partial charge on any atom is 0.270 e. The van der Waals surface area contributed by atoms with E-state index in [1.165, 1.54) is 25.9 Å². The Morgan fingerprint density at radius 1 is 0.929 bits per heavy atom. The van der Waals surface area contributed by atoms with Crippen molar-refractivity contribution in [2.75, 3.05) is 39.3 Å². The van der Waals surface area contributed by atoms with Crippen LogP contribution < -0.4 is 0 Å². The van der Waals surface area contributed by atoms with Gasteiger partial charge in [-0.05, 0) is 57.7 Å². The lowest BCUT2D eigenvalue weighted by atomic mass is 10.0. The van der Waals surface area contributed by atoms with Gasteiger partial charge < -0.3 is 14.4 Å². The minimum absolute atomic E-state index is 0.0533. The molecule has 0 radical (unpaired) electrons. The Labute approximate surface area is 168 Å². The Morgan fingerprint density at radius 2 is 1.54 bits per heavy atom. The van der Waals surface area contributed by atoms with E-state index in [-0.39, 0.29) is 10.8 Å². The highest BCUT2D eigenvalue weighted by Crippen LogP contribution is 2.25. The Morgan fingerprint density at radius 3 is 2.18 bits per heavy atom. The van der Waals surface area contributed by atoms with Crippen molar-refractivity contribution in [3.05, 3.63) is 18.0 Å². The molecule has 0 aromatic carbocycles. The van der Waals surface area contributed by atoms with E-state index in [0.29, 0.717) is 24.8 Å². The van der Waals surface area contributed by atoms with E-state index in [1.807, 2.05) is 4.90 Å². The van der Waals surface area contributed by atoms with Gasteiger partial charge in [-0.1, -0.05) is 6.42 Å². The standard InChI is InChI=1S/C20H32N4O3S/c1-21-16-18(28(26,27)24-11-3-2-4-12-24)15-19(21)20(25)23-13-7-17(8-14-23)22-9-5-6-10-22/h15-17H,2-14H2,1H3. The van der Waals surface area contributed by atoms with Gasteiger partial charge in [-0.2, -0.15) is 4.31 Å². The van der Waals surface area contributed by atoms with Crippen LogP contribution in [0.2, 0.25) is 0 Å². The molecule has 156 valence electrons. The van der Waals surface area contributed by atoms with Crippen LogP contribution in [-0.2, 0) is 17.1 Å². The van der Waals surface area contributed by atoms with Crippen LogP contribution in [0.25, 0.3) is 0 Å². The van der Waals surface area contributed by atoms with Gasteiger partial charge in [-0.25, -0.2) is 8.42 Å². The number of sulfonamides is 1. The van der Waals surface area contributed by atoms with E-state index in [4.69, 9.17) is 0 Å². The molecular formula is C20H32N4O3S. The summed E-state index contributed by atoms with van der Waals surface area (Å²) in [4.78, 5) is 17.7. The SMILES string of the molecule is Cn1cc(S(=O)(=O)N2CCCCC2)cc1C(=O)N1CCC(N2CCCC2)CC1. The Balaban J connectivity index is 1.44. The van der Waals surface area contributed by atoms with Crippen LogP contribution in [0.4, 0.5) is 0 Å². The number of carbonyl (C=O) groups is 1. The van der Waals surface area contributed by atoms with E-state index in [0.717, 1.165) is 45.2 Å². The van der Waals surface area contributed by atoms with Gasteiger partial charge in [0.1, 0.15) is 10.6 Å². The summed E-state index contributed by atoms with van der Waals surface area (Å²) in [5.41, 5.74) is 0.468. The van der Waals surface area contributed by atoms with Crippen LogP contribution in [-0.4, -0.2) is 78.3 Å². The zero-order valence-corrected chi connectivity index (χ0v) is 17.7. The van der Waals surface area contributed by atoms with Gasteiger partial charge in [0.2, 0.25) is 10.0 Å². The number of likely N-dealkylation sites (tertiary alicyclic amines) is 2. The van der Waals surface area contributed by atoms with E-state index < -0.39 is 10.0 Å². The lowest BCUT2D eigenvalue weighted by Gasteiger charge is -2.36. The molecule has 1 aromatic heterocycles. The monoisotopic (exact) mass is 408 g/mol. The van der Waals surface area contributed by atoms with Crippen molar-refractivity contribution in [2.45, 2.75) is 55.9 Å². The number of hydrogen-bond acceptors (Lipinski definition) is 4. The lowest BCUT2D eigenvalue weighted by Crippen LogP contribution is -2.46. The van der Waals surface area contributed by atoms with Gasteiger partial charge in [0, 0.05) is 45.5 Å². The van der Waals surface area contributed by atoms with Crippen LogP contribution in [0.3, 0.4) is 0 Å². The minimum Gasteiger partial charge on any atom is -0.345 e. The van der Waals surface area contributed by atoms with Crippen LogP contribution >= 0.6 is 0 Å². The number of carbonyl (C=O) groups excluding carboxylic acids is 1. The zero-order chi connectivity index (χ0) is 19.7. The molecule has 7 nitrogen and oxygen atoms in total. The Kier molecular flexibility index (Phi) is 5.81. The first-order valence-electron chi connectivity index (χ1n) is 10.7. The minimum atomic E-state index is -3.51. The van der Waals surface area contributed by atoms with Crippen molar-refractivity contribution in [2.24, 2.45) is 7.05 Å². The Bertz CT molecular complexity index is 799. The summed E-state index contributed by atoms with van der Waals surface area (Å²) in [6.45, 7) is 5.02. The molecule has 3 fully saturated rings. The molecule has 0 unspecified atom stereocenters. The van der Waals surface area contributed by atoms with Crippen LogP contribution in [0.15, 0.2) is 17.2 Å². The van der Waals surface area contributed by atoms with Crippen molar-refractivity contribution in [3.8, 4) is 0 Å². The summed E-state index contributed by atoms with van der Waals surface area (Å²) in [5.74, 6) is -0.0533. The van der Waals surface area contributed by atoms with Gasteiger partial charge in [-0.3, -0.25) is 4.79 Å². The average molecular weight is 409 g/mol. The van der Waals surface area contributed by atoms with Gasteiger partial charge in [-0.15, -0.1) is 0 Å². The third kappa shape index (κ3) is 3.86. The molecule has 3 aliphatic rings. The summed E-state index contributed by atoms with van der Waals surface area (Å²) in [7, 11) is -1.75. The highest BCUT2D eigenvalue weighted by atomic mass is 32.2. The first-order valence-corrected chi connectivity index (χ1v) is 12.1. The number of aromatic nitrogens is 1.